The van der Waals surface area contributed by atoms with E-state index < -0.39 is 0 Å². The third-order valence-corrected chi connectivity index (χ3v) is 3.40. The second-order valence-corrected chi connectivity index (χ2v) is 4.71. The lowest BCUT2D eigenvalue weighted by Crippen LogP contribution is -2.12. The van der Waals surface area contributed by atoms with E-state index in [2.05, 4.69) is 5.32 Å². The first-order valence-corrected chi connectivity index (χ1v) is 6.26. The zero-order valence-electron chi connectivity index (χ0n) is 11.3. The molecule has 3 heteroatoms. The highest BCUT2D eigenvalue weighted by molar-refractivity contribution is 5.68. The van der Waals surface area contributed by atoms with Gasteiger partial charge in [0.2, 0.25) is 0 Å². The number of rotatable bonds is 3. The molecule has 0 saturated heterocycles. The third kappa shape index (κ3) is 2.82. The summed E-state index contributed by atoms with van der Waals surface area (Å²) in [5.41, 5.74) is 2.97. The number of hydrogen-bond donors (Lipinski definition) is 1. The molecule has 0 aliphatic rings. The van der Waals surface area contributed by atoms with Gasteiger partial charge in [-0.3, -0.25) is 0 Å². The molecule has 0 spiro atoms. The molecular formula is C16H17F2N. The van der Waals surface area contributed by atoms with E-state index >= 15 is 0 Å². The quantitative estimate of drug-likeness (QED) is 0.872. The van der Waals surface area contributed by atoms with Gasteiger partial charge in [0.1, 0.15) is 11.6 Å². The highest BCUT2D eigenvalue weighted by Gasteiger charge is 2.11. The molecule has 0 bridgehead atoms. The van der Waals surface area contributed by atoms with Crippen LogP contribution in [-0.4, -0.2) is 7.05 Å². The number of hydrogen-bond acceptors (Lipinski definition) is 1. The molecule has 0 heterocycles. The van der Waals surface area contributed by atoms with E-state index in [1.165, 1.54) is 18.2 Å². The van der Waals surface area contributed by atoms with Crippen molar-refractivity contribution in [1.29, 1.82) is 0 Å². The topological polar surface area (TPSA) is 12.0 Å². The van der Waals surface area contributed by atoms with Gasteiger partial charge in [-0.25, -0.2) is 8.78 Å². The molecule has 0 fully saturated rings. The third-order valence-electron chi connectivity index (χ3n) is 3.40. The Labute approximate surface area is 112 Å². The first-order valence-electron chi connectivity index (χ1n) is 6.26. The van der Waals surface area contributed by atoms with Gasteiger partial charge in [-0.15, -0.1) is 0 Å². The molecule has 0 radical (unpaired) electrons. The predicted molar refractivity (Wildman–Crippen MR) is 74.0 cm³/mol. The van der Waals surface area contributed by atoms with Gasteiger partial charge in [0.25, 0.3) is 0 Å². The van der Waals surface area contributed by atoms with Crippen LogP contribution in [0.3, 0.4) is 0 Å². The van der Waals surface area contributed by atoms with Crippen LogP contribution in [0.2, 0.25) is 0 Å². The minimum Gasteiger partial charge on any atom is -0.313 e. The van der Waals surface area contributed by atoms with Crippen LogP contribution in [-0.2, 0) is 0 Å². The maximum Gasteiger partial charge on any atom is 0.131 e. The standard InChI is InChI=1S/C16H17F2N/c1-10-8-13(17)5-6-14(10)15-9-12(11(2)19-3)4-7-16(15)18/h4-9,11,19H,1-3H3. The summed E-state index contributed by atoms with van der Waals surface area (Å²) in [6, 6.07) is 9.58. The van der Waals surface area contributed by atoms with E-state index in [0.29, 0.717) is 5.56 Å². The van der Waals surface area contributed by atoms with Crippen molar-refractivity contribution >= 4 is 0 Å². The Balaban J connectivity index is 2.54. The molecule has 100 valence electrons. The molecule has 2 aromatic carbocycles. The first kappa shape index (κ1) is 13.7. The summed E-state index contributed by atoms with van der Waals surface area (Å²) in [5.74, 6) is -0.594. The molecule has 1 N–H and O–H groups in total. The number of halogens is 2. The fraction of sp³-hybridized carbons (Fsp3) is 0.250. The monoisotopic (exact) mass is 261 g/mol. The first-order chi connectivity index (χ1) is 9.02. The molecule has 0 aliphatic carbocycles. The largest absolute Gasteiger partial charge is 0.313 e. The molecular weight excluding hydrogens is 244 g/mol. The normalized spacial score (nSPS) is 12.5. The Morgan fingerprint density at radius 3 is 2.37 bits per heavy atom. The fourth-order valence-electron chi connectivity index (χ4n) is 2.11. The highest BCUT2D eigenvalue weighted by atomic mass is 19.1. The van der Waals surface area contributed by atoms with Crippen LogP contribution >= 0.6 is 0 Å². The van der Waals surface area contributed by atoms with Crippen LogP contribution < -0.4 is 5.32 Å². The molecule has 0 aliphatic heterocycles. The molecule has 0 saturated carbocycles. The Morgan fingerprint density at radius 1 is 1.00 bits per heavy atom. The van der Waals surface area contributed by atoms with Crippen LogP contribution in [0.25, 0.3) is 11.1 Å². The minimum atomic E-state index is -0.304. The highest BCUT2D eigenvalue weighted by Crippen LogP contribution is 2.29. The van der Waals surface area contributed by atoms with Crippen molar-refractivity contribution in [3.63, 3.8) is 0 Å². The second kappa shape index (κ2) is 5.49. The van der Waals surface area contributed by atoms with Crippen molar-refractivity contribution in [3.05, 3.63) is 59.2 Å². The van der Waals surface area contributed by atoms with E-state index in [4.69, 9.17) is 0 Å². The lowest BCUT2D eigenvalue weighted by atomic mass is 9.96. The Bertz CT molecular complexity index is 593. The van der Waals surface area contributed by atoms with Crippen molar-refractivity contribution in [2.45, 2.75) is 19.9 Å². The molecule has 1 atom stereocenters. The molecule has 0 aromatic heterocycles. The molecule has 1 unspecified atom stereocenters. The van der Waals surface area contributed by atoms with Crippen LogP contribution in [0.4, 0.5) is 8.78 Å². The summed E-state index contributed by atoms with van der Waals surface area (Å²) in [5, 5.41) is 3.12. The average Bonchev–Trinajstić information content (AvgIpc) is 2.39. The van der Waals surface area contributed by atoms with Crippen LogP contribution in [0, 0.1) is 18.6 Å². The van der Waals surface area contributed by atoms with E-state index in [9.17, 15) is 8.78 Å². The van der Waals surface area contributed by atoms with Crippen molar-refractivity contribution < 1.29 is 8.78 Å². The SMILES string of the molecule is CNC(C)c1ccc(F)c(-c2ccc(F)cc2C)c1. The van der Waals surface area contributed by atoms with Crippen molar-refractivity contribution in [1.82, 2.24) is 5.32 Å². The maximum atomic E-state index is 14.0. The van der Waals surface area contributed by atoms with Crippen LogP contribution in [0.15, 0.2) is 36.4 Å². The lowest BCUT2D eigenvalue weighted by Gasteiger charge is -2.14. The summed E-state index contributed by atoms with van der Waals surface area (Å²) in [6.07, 6.45) is 0. The molecule has 1 nitrogen and oxygen atoms in total. The summed E-state index contributed by atoms with van der Waals surface area (Å²) >= 11 is 0. The lowest BCUT2D eigenvalue weighted by molar-refractivity contribution is 0.620. The van der Waals surface area contributed by atoms with Gasteiger partial charge in [-0.05, 0) is 61.9 Å². The number of aryl methyl sites for hydroxylation is 1. The smallest absolute Gasteiger partial charge is 0.131 e. The maximum absolute atomic E-state index is 14.0. The molecule has 19 heavy (non-hydrogen) atoms. The Morgan fingerprint density at radius 2 is 1.74 bits per heavy atom. The van der Waals surface area contributed by atoms with E-state index in [-0.39, 0.29) is 17.7 Å². The van der Waals surface area contributed by atoms with Gasteiger partial charge >= 0.3 is 0 Å². The second-order valence-electron chi connectivity index (χ2n) is 4.71. The Kier molecular flexibility index (Phi) is 3.96. The average molecular weight is 261 g/mol. The fourth-order valence-corrected chi connectivity index (χ4v) is 2.11. The van der Waals surface area contributed by atoms with Gasteiger partial charge < -0.3 is 5.32 Å². The number of benzene rings is 2. The van der Waals surface area contributed by atoms with Gasteiger partial charge in [-0.1, -0.05) is 12.1 Å². The van der Waals surface area contributed by atoms with Crippen molar-refractivity contribution in [2.75, 3.05) is 7.05 Å². The summed E-state index contributed by atoms with van der Waals surface area (Å²) < 4.78 is 27.1. The van der Waals surface area contributed by atoms with Gasteiger partial charge in [-0.2, -0.15) is 0 Å². The van der Waals surface area contributed by atoms with Crippen LogP contribution in [0.5, 0.6) is 0 Å². The van der Waals surface area contributed by atoms with Gasteiger partial charge in [0.15, 0.2) is 0 Å². The molecule has 2 rings (SSSR count). The van der Waals surface area contributed by atoms with Gasteiger partial charge in [0, 0.05) is 11.6 Å². The summed E-state index contributed by atoms with van der Waals surface area (Å²) in [7, 11) is 1.86. The summed E-state index contributed by atoms with van der Waals surface area (Å²) in [6.45, 7) is 3.79. The number of nitrogens with one attached hydrogen (secondary N) is 1. The van der Waals surface area contributed by atoms with E-state index in [1.807, 2.05) is 20.0 Å². The minimum absolute atomic E-state index is 0.139. The summed E-state index contributed by atoms with van der Waals surface area (Å²) in [4.78, 5) is 0. The van der Waals surface area contributed by atoms with Gasteiger partial charge in [0.05, 0.1) is 0 Å². The zero-order chi connectivity index (χ0) is 14.0. The Hall–Kier alpha value is -1.74. The van der Waals surface area contributed by atoms with Crippen molar-refractivity contribution in [3.8, 4) is 11.1 Å². The van der Waals surface area contributed by atoms with Crippen LogP contribution in [0.1, 0.15) is 24.1 Å². The zero-order valence-corrected chi connectivity index (χ0v) is 11.3. The van der Waals surface area contributed by atoms with E-state index in [0.717, 1.165) is 16.7 Å². The molecule has 0 amide bonds. The van der Waals surface area contributed by atoms with Crippen molar-refractivity contribution in [2.24, 2.45) is 0 Å². The predicted octanol–water partition coefficient (Wildman–Crippen LogP) is 4.22. The van der Waals surface area contributed by atoms with E-state index in [1.54, 1.807) is 19.1 Å². The molecule has 2 aromatic rings.